The van der Waals surface area contributed by atoms with Gasteiger partial charge in [-0.05, 0) is 17.7 Å². The number of hydrogen-bond donors (Lipinski definition) is 2. The second-order valence-corrected chi connectivity index (χ2v) is 5.03. The highest BCUT2D eigenvalue weighted by atomic mass is 16.2. The highest BCUT2D eigenvalue weighted by Crippen LogP contribution is 2.22. The quantitative estimate of drug-likeness (QED) is 0.874. The molecule has 0 aliphatic carbocycles. The molecule has 1 unspecified atom stereocenters. The molecule has 0 bridgehead atoms. The molecule has 0 aliphatic rings. The van der Waals surface area contributed by atoms with Crippen molar-refractivity contribution in [1.29, 1.82) is 5.26 Å². The van der Waals surface area contributed by atoms with Crippen LogP contribution in [0.2, 0.25) is 0 Å². The fourth-order valence-corrected chi connectivity index (χ4v) is 2.20. The Morgan fingerprint density at radius 1 is 1.35 bits per heavy atom. The van der Waals surface area contributed by atoms with Crippen LogP contribution in [0.25, 0.3) is 0 Å². The number of hydrogen-bond acceptors (Lipinski definition) is 4. The number of carbonyl (C=O) groups is 2. The van der Waals surface area contributed by atoms with Crippen molar-refractivity contribution in [3.63, 3.8) is 0 Å². The number of amides is 2. The standard InChI is InChI=1S/C16H17N5O2/c1-11(22)19-13-5-3-12(4-6-13)15(20-14(23)7-8-17)16-18-9-10-21(16)2/h3-6,9-10,15H,7H2,1-2H3,(H,19,22)(H,20,23). The van der Waals surface area contributed by atoms with Gasteiger partial charge in [-0.25, -0.2) is 4.98 Å². The smallest absolute Gasteiger partial charge is 0.235 e. The Labute approximate surface area is 133 Å². The first kappa shape index (κ1) is 16.2. The van der Waals surface area contributed by atoms with Gasteiger partial charge in [-0.15, -0.1) is 0 Å². The Morgan fingerprint density at radius 2 is 2.04 bits per heavy atom. The third-order valence-corrected chi connectivity index (χ3v) is 3.23. The second kappa shape index (κ2) is 7.22. The molecule has 118 valence electrons. The Morgan fingerprint density at radius 3 is 2.57 bits per heavy atom. The van der Waals surface area contributed by atoms with E-state index < -0.39 is 6.04 Å². The summed E-state index contributed by atoms with van der Waals surface area (Å²) in [4.78, 5) is 27.2. The van der Waals surface area contributed by atoms with E-state index in [0.29, 0.717) is 11.5 Å². The van der Waals surface area contributed by atoms with Crippen LogP contribution in [0.15, 0.2) is 36.7 Å². The number of aryl methyl sites for hydroxylation is 1. The zero-order valence-electron chi connectivity index (χ0n) is 12.9. The summed E-state index contributed by atoms with van der Waals surface area (Å²) in [5.41, 5.74) is 1.47. The first-order valence-electron chi connectivity index (χ1n) is 7.02. The van der Waals surface area contributed by atoms with E-state index in [1.807, 2.05) is 13.1 Å². The van der Waals surface area contributed by atoms with Crippen molar-refractivity contribution in [2.75, 3.05) is 5.32 Å². The summed E-state index contributed by atoms with van der Waals surface area (Å²) in [7, 11) is 1.83. The number of nitrogens with one attached hydrogen (secondary N) is 2. The molecule has 2 aromatic rings. The van der Waals surface area contributed by atoms with E-state index in [9.17, 15) is 9.59 Å². The number of aromatic nitrogens is 2. The average molecular weight is 311 g/mol. The highest BCUT2D eigenvalue weighted by molar-refractivity contribution is 5.88. The number of carbonyl (C=O) groups excluding carboxylic acids is 2. The molecule has 0 aliphatic heterocycles. The van der Waals surface area contributed by atoms with Gasteiger partial charge in [0.2, 0.25) is 11.8 Å². The molecule has 2 rings (SSSR count). The van der Waals surface area contributed by atoms with Gasteiger partial charge >= 0.3 is 0 Å². The lowest BCUT2D eigenvalue weighted by Gasteiger charge is -2.19. The predicted octanol–water partition coefficient (Wildman–Crippen LogP) is 1.50. The maximum absolute atomic E-state index is 11.8. The maximum atomic E-state index is 11.8. The third kappa shape index (κ3) is 4.17. The highest BCUT2D eigenvalue weighted by Gasteiger charge is 2.20. The van der Waals surface area contributed by atoms with Crippen molar-refractivity contribution in [3.05, 3.63) is 48.0 Å². The fraction of sp³-hybridized carbons (Fsp3) is 0.250. The summed E-state index contributed by atoms with van der Waals surface area (Å²) in [6, 6.07) is 8.47. The summed E-state index contributed by atoms with van der Waals surface area (Å²) in [5, 5.41) is 14.1. The van der Waals surface area contributed by atoms with Crippen molar-refractivity contribution in [3.8, 4) is 6.07 Å². The van der Waals surface area contributed by atoms with Crippen molar-refractivity contribution >= 4 is 17.5 Å². The van der Waals surface area contributed by atoms with Gasteiger partial charge in [0.05, 0.1) is 6.07 Å². The molecule has 0 fully saturated rings. The number of benzene rings is 1. The molecule has 7 nitrogen and oxygen atoms in total. The van der Waals surface area contributed by atoms with E-state index in [1.165, 1.54) is 6.92 Å². The number of anilines is 1. The van der Waals surface area contributed by atoms with E-state index >= 15 is 0 Å². The van der Waals surface area contributed by atoms with E-state index in [4.69, 9.17) is 5.26 Å². The maximum Gasteiger partial charge on any atom is 0.235 e. The average Bonchev–Trinajstić information content (AvgIpc) is 2.91. The molecule has 7 heteroatoms. The van der Waals surface area contributed by atoms with E-state index in [-0.39, 0.29) is 18.2 Å². The molecule has 2 N–H and O–H groups in total. The molecule has 0 spiro atoms. The third-order valence-electron chi connectivity index (χ3n) is 3.23. The summed E-state index contributed by atoms with van der Waals surface area (Å²) >= 11 is 0. The summed E-state index contributed by atoms with van der Waals surface area (Å²) in [6.45, 7) is 1.44. The van der Waals surface area contributed by atoms with Gasteiger partial charge in [-0.1, -0.05) is 12.1 Å². The van der Waals surface area contributed by atoms with Gasteiger partial charge in [0.15, 0.2) is 0 Å². The molecule has 0 saturated carbocycles. The number of imidazole rings is 1. The lowest BCUT2D eigenvalue weighted by molar-refractivity contribution is -0.120. The first-order valence-corrected chi connectivity index (χ1v) is 7.02. The number of rotatable bonds is 5. The Kier molecular flexibility index (Phi) is 5.10. The molecule has 1 aromatic heterocycles. The zero-order valence-corrected chi connectivity index (χ0v) is 12.9. The van der Waals surface area contributed by atoms with Crippen molar-refractivity contribution < 1.29 is 9.59 Å². The normalized spacial score (nSPS) is 11.3. The fourth-order valence-electron chi connectivity index (χ4n) is 2.20. The summed E-state index contributed by atoms with van der Waals surface area (Å²) in [5.74, 6) is 0.135. The van der Waals surface area contributed by atoms with Crippen LogP contribution in [0, 0.1) is 11.3 Å². The zero-order chi connectivity index (χ0) is 16.8. The van der Waals surface area contributed by atoms with Crippen LogP contribution >= 0.6 is 0 Å². The summed E-state index contributed by atoms with van der Waals surface area (Å²) < 4.78 is 1.80. The molecule has 1 aromatic carbocycles. The van der Waals surface area contributed by atoms with Crippen molar-refractivity contribution in [2.45, 2.75) is 19.4 Å². The van der Waals surface area contributed by atoms with Gasteiger partial charge in [-0.3, -0.25) is 9.59 Å². The Balaban J connectivity index is 2.30. The number of nitriles is 1. The number of nitrogens with zero attached hydrogens (tertiary/aromatic N) is 3. The topological polar surface area (TPSA) is 99.8 Å². The first-order chi connectivity index (χ1) is 11.0. The largest absolute Gasteiger partial charge is 0.341 e. The van der Waals surface area contributed by atoms with Crippen LogP contribution in [0.4, 0.5) is 5.69 Å². The molecule has 1 atom stereocenters. The minimum atomic E-state index is -0.470. The van der Waals surface area contributed by atoms with Gasteiger partial charge < -0.3 is 15.2 Å². The Bertz CT molecular complexity index is 743. The van der Waals surface area contributed by atoms with Gasteiger partial charge in [0.25, 0.3) is 0 Å². The molecule has 0 radical (unpaired) electrons. The van der Waals surface area contributed by atoms with Gasteiger partial charge in [-0.2, -0.15) is 5.26 Å². The van der Waals surface area contributed by atoms with Gasteiger partial charge in [0.1, 0.15) is 18.3 Å². The van der Waals surface area contributed by atoms with Crippen LogP contribution in [-0.4, -0.2) is 21.4 Å². The summed E-state index contributed by atoms with van der Waals surface area (Å²) in [6.07, 6.45) is 3.21. The minimum Gasteiger partial charge on any atom is -0.341 e. The van der Waals surface area contributed by atoms with Crippen LogP contribution in [0.5, 0.6) is 0 Å². The van der Waals surface area contributed by atoms with Crippen molar-refractivity contribution in [2.24, 2.45) is 7.05 Å². The lowest BCUT2D eigenvalue weighted by Crippen LogP contribution is -2.30. The molecular formula is C16H17N5O2. The van der Waals surface area contributed by atoms with E-state index in [1.54, 1.807) is 41.2 Å². The predicted molar refractivity (Wildman–Crippen MR) is 84.2 cm³/mol. The van der Waals surface area contributed by atoms with E-state index in [2.05, 4.69) is 15.6 Å². The Hall–Kier alpha value is -3.14. The molecule has 23 heavy (non-hydrogen) atoms. The van der Waals surface area contributed by atoms with Crippen LogP contribution in [-0.2, 0) is 16.6 Å². The van der Waals surface area contributed by atoms with E-state index in [0.717, 1.165) is 5.56 Å². The molecule has 0 saturated heterocycles. The van der Waals surface area contributed by atoms with Crippen LogP contribution in [0.1, 0.15) is 30.8 Å². The van der Waals surface area contributed by atoms with Crippen LogP contribution < -0.4 is 10.6 Å². The molecular weight excluding hydrogens is 294 g/mol. The van der Waals surface area contributed by atoms with Crippen molar-refractivity contribution in [1.82, 2.24) is 14.9 Å². The molecule has 1 heterocycles. The second-order valence-electron chi connectivity index (χ2n) is 5.03. The lowest BCUT2D eigenvalue weighted by atomic mass is 10.1. The minimum absolute atomic E-state index is 0.152. The van der Waals surface area contributed by atoms with Crippen LogP contribution in [0.3, 0.4) is 0 Å². The monoisotopic (exact) mass is 311 g/mol. The molecule has 2 amide bonds. The van der Waals surface area contributed by atoms with Gasteiger partial charge in [0, 0.05) is 32.1 Å². The SMILES string of the molecule is CC(=O)Nc1ccc(C(NC(=O)CC#N)c2nccn2C)cc1.